The number of carbonyl (C=O) groups excluding carboxylic acids is 3. The molecule has 0 atom stereocenters. The second kappa shape index (κ2) is 7.13. The van der Waals surface area contributed by atoms with Crippen molar-refractivity contribution in [3.05, 3.63) is 44.2 Å². The van der Waals surface area contributed by atoms with Gasteiger partial charge in [-0.1, -0.05) is 15.9 Å². The first-order valence-electron chi connectivity index (χ1n) is 7.84. The molecule has 8 heteroatoms. The lowest BCUT2D eigenvalue weighted by molar-refractivity contribution is -0.110. The highest BCUT2D eigenvalue weighted by Gasteiger charge is 2.29. The Balaban J connectivity index is 2.19. The average Bonchev–Trinajstić information content (AvgIpc) is 3.06. The van der Waals surface area contributed by atoms with Crippen LogP contribution in [0.25, 0.3) is 0 Å². The van der Waals surface area contributed by atoms with Gasteiger partial charge in [0, 0.05) is 10.0 Å². The number of ketones is 1. The maximum atomic E-state index is 12.4. The molecule has 0 radical (unpaired) electrons. The fraction of sp³-hybridized carbons (Fsp3) is 0.222. The molecule has 1 aliphatic rings. The Labute approximate surface area is 162 Å². The number of aliphatic imine (C=N–C) groups is 1. The Hall–Kier alpha value is -2.32. The van der Waals surface area contributed by atoms with Crippen molar-refractivity contribution in [3.63, 3.8) is 0 Å². The van der Waals surface area contributed by atoms with Crippen molar-refractivity contribution in [1.29, 1.82) is 0 Å². The topological polar surface area (TPSA) is 84.8 Å². The molecule has 2 aromatic rings. The summed E-state index contributed by atoms with van der Waals surface area (Å²) in [5, 5.41) is 3.04. The second-order valence-corrected chi connectivity index (χ2v) is 7.53. The number of anilines is 1. The number of nitrogens with zero attached hydrogens (tertiary/aromatic N) is 1. The van der Waals surface area contributed by atoms with Crippen LogP contribution in [0.2, 0.25) is 0 Å². The molecule has 26 heavy (non-hydrogen) atoms. The third-order valence-electron chi connectivity index (χ3n) is 3.84. The molecule has 1 aromatic heterocycles. The zero-order valence-corrected chi connectivity index (χ0v) is 16.7. The number of fused-ring (bicyclic) bond motifs is 1. The third-order valence-corrected chi connectivity index (χ3v) is 5.62. The number of benzene rings is 1. The van der Waals surface area contributed by atoms with E-state index < -0.39 is 5.97 Å². The molecule has 1 amide bonds. The Kier molecular flexibility index (Phi) is 5.06. The summed E-state index contributed by atoms with van der Waals surface area (Å²) in [5.74, 6) is -1.08. The van der Waals surface area contributed by atoms with Crippen LogP contribution in [0.4, 0.5) is 10.7 Å². The average molecular weight is 435 g/mol. The zero-order valence-electron chi connectivity index (χ0n) is 14.3. The first-order valence-corrected chi connectivity index (χ1v) is 9.45. The van der Waals surface area contributed by atoms with Crippen LogP contribution >= 0.6 is 27.3 Å². The maximum Gasteiger partial charge on any atom is 0.341 e. The highest BCUT2D eigenvalue weighted by molar-refractivity contribution is 9.10. The van der Waals surface area contributed by atoms with Gasteiger partial charge in [-0.3, -0.25) is 9.59 Å². The van der Waals surface area contributed by atoms with Gasteiger partial charge in [-0.2, -0.15) is 0 Å². The van der Waals surface area contributed by atoms with Gasteiger partial charge in [-0.25, -0.2) is 9.79 Å². The van der Waals surface area contributed by atoms with Crippen molar-refractivity contribution in [2.75, 3.05) is 11.9 Å². The van der Waals surface area contributed by atoms with E-state index in [-0.39, 0.29) is 29.6 Å². The summed E-state index contributed by atoms with van der Waals surface area (Å²) in [6.07, 6.45) is 0. The molecule has 6 nitrogen and oxygen atoms in total. The van der Waals surface area contributed by atoms with Crippen molar-refractivity contribution < 1.29 is 19.1 Å². The van der Waals surface area contributed by atoms with Crippen LogP contribution in [-0.2, 0) is 9.53 Å². The second-order valence-electron chi connectivity index (χ2n) is 5.62. The van der Waals surface area contributed by atoms with Crippen LogP contribution in [0.1, 0.15) is 45.0 Å². The van der Waals surface area contributed by atoms with E-state index in [1.54, 1.807) is 26.0 Å². The first kappa shape index (κ1) is 18.5. The number of rotatable bonds is 4. The molecule has 1 N–H and O–H groups in total. The van der Waals surface area contributed by atoms with E-state index in [9.17, 15) is 14.4 Å². The van der Waals surface area contributed by atoms with E-state index in [1.807, 2.05) is 6.07 Å². The SMILES string of the molecule is CCOC(=O)c1c(/N=C2\C(=O)Nc3ccc(Br)cc32)sc(C(C)=O)c1C. The molecule has 0 saturated carbocycles. The van der Waals surface area contributed by atoms with Crippen molar-refractivity contribution in [3.8, 4) is 0 Å². The van der Waals surface area contributed by atoms with Crippen molar-refractivity contribution in [2.24, 2.45) is 4.99 Å². The number of esters is 1. The van der Waals surface area contributed by atoms with Crippen molar-refractivity contribution in [2.45, 2.75) is 20.8 Å². The van der Waals surface area contributed by atoms with Gasteiger partial charge in [0.2, 0.25) is 0 Å². The van der Waals surface area contributed by atoms with E-state index in [0.29, 0.717) is 26.7 Å². The fourth-order valence-corrected chi connectivity index (χ4v) is 4.12. The van der Waals surface area contributed by atoms with E-state index in [4.69, 9.17) is 4.74 Å². The molecule has 0 aliphatic carbocycles. The molecule has 0 unspecified atom stereocenters. The molecule has 1 aliphatic heterocycles. The summed E-state index contributed by atoms with van der Waals surface area (Å²) in [6.45, 7) is 5.02. The lowest BCUT2D eigenvalue weighted by Gasteiger charge is -2.03. The van der Waals surface area contributed by atoms with Gasteiger partial charge in [0.1, 0.15) is 10.7 Å². The predicted molar refractivity (Wildman–Crippen MR) is 104 cm³/mol. The van der Waals surface area contributed by atoms with Gasteiger partial charge in [0.05, 0.1) is 22.7 Å². The number of Topliss-reactive ketones (excluding diaryl/α,β-unsaturated/α-hetero) is 1. The van der Waals surface area contributed by atoms with Gasteiger partial charge >= 0.3 is 5.97 Å². The van der Waals surface area contributed by atoms with Crippen LogP contribution in [0.5, 0.6) is 0 Å². The van der Waals surface area contributed by atoms with Gasteiger partial charge in [0.25, 0.3) is 5.91 Å². The highest BCUT2D eigenvalue weighted by Crippen LogP contribution is 2.38. The lowest BCUT2D eigenvalue weighted by Crippen LogP contribution is -2.14. The van der Waals surface area contributed by atoms with Crippen LogP contribution in [0.3, 0.4) is 0 Å². The normalized spacial score (nSPS) is 14.3. The molecule has 0 saturated heterocycles. The van der Waals surface area contributed by atoms with E-state index in [1.165, 1.54) is 6.92 Å². The summed E-state index contributed by atoms with van der Waals surface area (Å²) in [5.41, 5.74) is 2.23. The van der Waals surface area contributed by atoms with E-state index >= 15 is 0 Å². The van der Waals surface area contributed by atoms with Gasteiger partial charge in [-0.05, 0) is 44.5 Å². The third kappa shape index (κ3) is 3.22. The van der Waals surface area contributed by atoms with Gasteiger partial charge in [0.15, 0.2) is 5.78 Å². The van der Waals surface area contributed by atoms with Gasteiger partial charge in [-0.15, -0.1) is 11.3 Å². The number of ether oxygens (including phenoxy) is 1. The number of carbonyl (C=O) groups is 3. The van der Waals surface area contributed by atoms with Crippen LogP contribution in [-0.4, -0.2) is 30.0 Å². The van der Waals surface area contributed by atoms with Gasteiger partial charge < -0.3 is 10.1 Å². The maximum absolute atomic E-state index is 12.4. The number of amides is 1. The molecule has 1 aromatic carbocycles. The number of hydrogen-bond acceptors (Lipinski definition) is 6. The quantitative estimate of drug-likeness (QED) is 0.574. The van der Waals surface area contributed by atoms with Crippen LogP contribution in [0.15, 0.2) is 27.7 Å². The summed E-state index contributed by atoms with van der Waals surface area (Å²) in [4.78, 5) is 41.5. The monoisotopic (exact) mass is 434 g/mol. The minimum atomic E-state index is -0.555. The largest absolute Gasteiger partial charge is 0.462 e. The molecule has 2 heterocycles. The molecule has 0 fully saturated rings. The molecular formula is C18H15BrN2O4S. The number of nitrogens with one attached hydrogen (secondary N) is 1. The molecular weight excluding hydrogens is 420 g/mol. The summed E-state index contributed by atoms with van der Waals surface area (Å²) < 4.78 is 5.91. The number of thiophene rings is 1. The summed E-state index contributed by atoms with van der Waals surface area (Å²) >= 11 is 4.47. The van der Waals surface area contributed by atoms with Crippen LogP contribution in [0, 0.1) is 6.92 Å². The Morgan fingerprint density at radius 2 is 2.08 bits per heavy atom. The molecule has 0 spiro atoms. The standard InChI is InChI=1S/C18H15BrN2O4S/c1-4-25-18(24)13-8(2)15(9(3)22)26-17(13)21-14-11-7-10(19)5-6-12(11)20-16(14)23/h5-7H,4H2,1-3H3,(H,20,21,23). The molecule has 3 rings (SSSR count). The van der Waals surface area contributed by atoms with Crippen molar-refractivity contribution >= 4 is 61.3 Å². The smallest absolute Gasteiger partial charge is 0.341 e. The van der Waals surface area contributed by atoms with Crippen molar-refractivity contribution in [1.82, 2.24) is 0 Å². The fourth-order valence-electron chi connectivity index (χ4n) is 2.69. The van der Waals surface area contributed by atoms with E-state index in [2.05, 4.69) is 26.2 Å². The van der Waals surface area contributed by atoms with Crippen LogP contribution < -0.4 is 5.32 Å². The summed E-state index contributed by atoms with van der Waals surface area (Å²) in [6, 6.07) is 5.37. The number of halogens is 1. The Bertz CT molecular complexity index is 978. The molecule has 0 bridgehead atoms. The van der Waals surface area contributed by atoms with E-state index in [0.717, 1.165) is 15.8 Å². The Morgan fingerprint density at radius 3 is 2.73 bits per heavy atom. The highest BCUT2D eigenvalue weighted by atomic mass is 79.9. The Morgan fingerprint density at radius 1 is 1.35 bits per heavy atom. The number of hydrogen-bond donors (Lipinski definition) is 1. The summed E-state index contributed by atoms with van der Waals surface area (Å²) in [7, 11) is 0. The predicted octanol–water partition coefficient (Wildman–Crippen LogP) is 4.27. The minimum Gasteiger partial charge on any atom is -0.462 e. The first-order chi connectivity index (χ1) is 12.3. The molecule has 134 valence electrons. The lowest BCUT2D eigenvalue weighted by atomic mass is 10.1. The zero-order chi connectivity index (χ0) is 19.0. The minimum absolute atomic E-state index is 0.163.